The van der Waals surface area contributed by atoms with Gasteiger partial charge in [-0.25, -0.2) is 4.98 Å². The van der Waals surface area contributed by atoms with Crippen molar-refractivity contribution in [2.24, 2.45) is 0 Å². The van der Waals surface area contributed by atoms with Gasteiger partial charge in [-0.15, -0.1) is 0 Å². The number of rotatable bonds is 5. The van der Waals surface area contributed by atoms with Crippen molar-refractivity contribution in [3.05, 3.63) is 48.2 Å². The Balaban J connectivity index is 2.41. The van der Waals surface area contributed by atoms with E-state index in [1.807, 2.05) is 49.3 Å². The van der Waals surface area contributed by atoms with Crippen molar-refractivity contribution in [3.63, 3.8) is 0 Å². The van der Waals surface area contributed by atoms with Crippen molar-refractivity contribution in [3.8, 4) is 5.75 Å². The van der Waals surface area contributed by atoms with Gasteiger partial charge in [0.2, 0.25) is 0 Å². The molecule has 19 heavy (non-hydrogen) atoms. The number of nitrogens with one attached hydrogen (secondary N) is 1. The average Bonchev–Trinajstić information content (AvgIpc) is 2.47. The van der Waals surface area contributed by atoms with Gasteiger partial charge in [-0.3, -0.25) is 0 Å². The second-order valence-electron chi connectivity index (χ2n) is 4.25. The third kappa shape index (κ3) is 2.85. The molecule has 0 saturated carbocycles. The molecular weight excluding hydrogens is 238 g/mol. The molecule has 100 valence electrons. The lowest BCUT2D eigenvalue weighted by Gasteiger charge is -2.23. The fourth-order valence-electron chi connectivity index (χ4n) is 2.08. The molecule has 4 heteroatoms. The topological polar surface area (TPSA) is 37.4 Å². The quantitative estimate of drug-likeness (QED) is 0.893. The maximum absolute atomic E-state index is 5.40. The van der Waals surface area contributed by atoms with Gasteiger partial charge in [0.1, 0.15) is 11.6 Å². The van der Waals surface area contributed by atoms with Crippen LogP contribution in [0.25, 0.3) is 0 Å². The summed E-state index contributed by atoms with van der Waals surface area (Å²) >= 11 is 0. The number of para-hydroxylation sites is 2. The van der Waals surface area contributed by atoms with Crippen LogP contribution in [0.1, 0.15) is 5.56 Å². The molecule has 0 aliphatic heterocycles. The summed E-state index contributed by atoms with van der Waals surface area (Å²) in [7, 11) is 5.61. The van der Waals surface area contributed by atoms with Crippen molar-refractivity contribution in [2.75, 3.05) is 26.1 Å². The molecule has 0 spiro atoms. The summed E-state index contributed by atoms with van der Waals surface area (Å²) in [6.45, 7) is 0.780. The summed E-state index contributed by atoms with van der Waals surface area (Å²) in [4.78, 5) is 6.53. The van der Waals surface area contributed by atoms with E-state index in [2.05, 4.69) is 16.4 Å². The lowest BCUT2D eigenvalue weighted by Crippen LogP contribution is -2.17. The molecule has 0 unspecified atom stereocenters. The van der Waals surface area contributed by atoms with E-state index in [9.17, 15) is 0 Å². The number of nitrogens with zero attached hydrogens (tertiary/aromatic N) is 2. The molecule has 1 heterocycles. The lowest BCUT2D eigenvalue weighted by atomic mass is 10.2. The molecule has 0 amide bonds. The molecule has 1 aromatic heterocycles. The van der Waals surface area contributed by atoms with Gasteiger partial charge in [-0.1, -0.05) is 18.2 Å². The average molecular weight is 257 g/mol. The van der Waals surface area contributed by atoms with E-state index in [4.69, 9.17) is 4.74 Å². The first-order valence-electron chi connectivity index (χ1n) is 6.23. The Labute approximate surface area is 114 Å². The van der Waals surface area contributed by atoms with Crippen molar-refractivity contribution in [1.82, 2.24) is 10.3 Å². The predicted octanol–water partition coefficient (Wildman–Crippen LogP) is 2.58. The molecule has 1 N–H and O–H groups in total. The van der Waals surface area contributed by atoms with Crippen LogP contribution in [0, 0.1) is 0 Å². The second kappa shape index (κ2) is 6.20. The van der Waals surface area contributed by atoms with E-state index in [0.717, 1.165) is 29.4 Å². The number of anilines is 2. The predicted molar refractivity (Wildman–Crippen MR) is 78.1 cm³/mol. The van der Waals surface area contributed by atoms with Crippen LogP contribution < -0.4 is 15.0 Å². The molecule has 0 atom stereocenters. The molecule has 0 fully saturated rings. The van der Waals surface area contributed by atoms with Crippen LogP contribution in [-0.4, -0.2) is 26.2 Å². The Morgan fingerprint density at radius 3 is 2.74 bits per heavy atom. The van der Waals surface area contributed by atoms with Gasteiger partial charge >= 0.3 is 0 Å². The number of hydrogen-bond donors (Lipinski definition) is 1. The zero-order chi connectivity index (χ0) is 13.7. The molecule has 0 radical (unpaired) electrons. The monoisotopic (exact) mass is 257 g/mol. The van der Waals surface area contributed by atoms with Gasteiger partial charge in [0, 0.05) is 25.4 Å². The van der Waals surface area contributed by atoms with Crippen LogP contribution in [0.3, 0.4) is 0 Å². The number of ether oxygens (including phenoxy) is 1. The standard InChI is InChI=1S/C15H19N3O/c1-16-11-12-7-6-10-17-15(12)18(2)13-8-4-5-9-14(13)19-3/h4-10,16H,11H2,1-3H3. The molecule has 0 saturated heterocycles. The zero-order valence-corrected chi connectivity index (χ0v) is 11.6. The minimum absolute atomic E-state index is 0.780. The summed E-state index contributed by atoms with van der Waals surface area (Å²) in [5, 5.41) is 3.16. The SMILES string of the molecule is CNCc1cccnc1N(C)c1ccccc1OC. The number of benzene rings is 1. The van der Waals surface area contributed by atoms with Crippen LogP contribution >= 0.6 is 0 Å². The number of hydrogen-bond acceptors (Lipinski definition) is 4. The highest BCUT2D eigenvalue weighted by Gasteiger charge is 2.13. The number of pyridine rings is 1. The van der Waals surface area contributed by atoms with Gasteiger partial charge in [0.15, 0.2) is 0 Å². The van der Waals surface area contributed by atoms with Crippen LogP contribution in [-0.2, 0) is 6.54 Å². The van der Waals surface area contributed by atoms with Crippen molar-refractivity contribution >= 4 is 11.5 Å². The minimum Gasteiger partial charge on any atom is -0.495 e. The molecule has 1 aromatic carbocycles. The van der Waals surface area contributed by atoms with Crippen LogP contribution in [0.5, 0.6) is 5.75 Å². The van der Waals surface area contributed by atoms with E-state index >= 15 is 0 Å². The van der Waals surface area contributed by atoms with E-state index in [1.165, 1.54) is 0 Å². The Morgan fingerprint density at radius 1 is 1.21 bits per heavy atom. The van der Waals surface area contributed by atoms with Crippen molar-refractivity contribution < 1.29 is 4.74 Å². The summed E-state index contributed by atoms with van der Waals surface area (Å²) in [6.07, 6.45) is 1.81. The summed E-state index contributed by atoms with van der Waals surface area (Å²) < 4.78 is 5.40. The smallest absolute Gasteiger partial charge is 0.142 e. The van der Waals surface area contributed by atoms with Crippen molar-refractivity contribution in [1.29, 1.82) is 0 Å². The van der Waals surface area contributed by atoms with Gasteiger partial charge in [0.05, 0.1) is 12.8 Å². The third-order valence-corrected chi connectivity index (χ3v) is 3.00. The zero-order valence-electron chi connectivity index (χ0n) is 11.6. The summed E-state index contributed by atoms with van der Waals surface area (Å²) in [5.74, 6) is 1.77. The number of aromatic nitrogens is 1. The number of methoxy groups -OCH3 is 1. The first-order chi connectivity index (χ1) is 9.27. The van der Waals surface area contributed by atoms with Gasteiger partial charge in [-0.2, -0.15) is 0 Å². The molecule has 0 aliphatic carbocycles. The molecule has 2 aromatic rings. The van der Waals surface area contributed by atoms with E-state index in [0.29, 0.717) is 0 Å². The molecule has 0 aliphatic rings. The fraction of sp³-hybridized carbons (Fsp3) is 0.267. The fourth-order valence-corrected chi connectivity index (χ4v) is 2.08. The van der Waals surface area contributed by atoms with E-state index in [-0.39, 0.29) is 0 Å². The van der Waals surface area contributed by atoms with E-state index < -0.39 is 0 Å². The first-order valence-corrected chi connectivity index (χ1v) is 6.23. The van der Waals surface area contributed by atoms with Crippen LogP contribution in [0.15, 0.2) is 42.6 Å². The van der Waals surface area contributed by atoms with Gasteiger partial charge in [0.25, 0.3) is 0 Å². The second-order valence-corrected chi connectivity index (χ2v) is 4.25. The normalized spacial score (nSPS) is 10.3. The highest BCUT2D eigenvalue weighted by Crippen LogP contribution is 2.32. The van der Waals surface area contributed by atoms with Gasteiger partial charge in [-0.05, 0) is 25.2 Å². The highest BCUT2D eigenvalue weighted by molar-refractivity contribution is 5.68. The summed E-state index contributed by atoms with van der Waals surface area (Å²) in [5.41, 5.74) is 2.15. The highest BCUT2D eigenvalue weighted by atomic mass is 16.5. The Bertz CT molecular complexity index is 542. The Morgan fingerprint density at radius 2 is 2.00 bits per heavy atom. The summed E-state index contributed by atoms with van der Waals surface area (Å²) in [6, 6.07) is 12.0. The molecule has 2 rings (SSSR count). The van der Waals surface area contributed by atoms with Crippen molar-refractivity contribution in [2.45, 2.75) is 6.54 Å². The molecule has 0 bridgehead atoms. The van der Waals surface area contributed by atoms with E-state index in [1.54, 1.807) is 13.3 Å². The Hall–Kier alpha value is -2.07. The first kappa shape index (κ1) is 13.4. The van der Waals surface area contributed by atoms with Gasteiger partial charge < -0.3 is 15.0 Å². The Kier molecular flexibility index (Phi) is 4.36. The van der Waals surface area contributed by atoms with Crippen LogP contribution in [0.4, 0.5) is 11.5 Å². The maximum atomic E-state index is 5.40. The third-order valence-electron chi connectivity index (χ3n) is 3.00. The minimum atomic E-state index is 0.780. The maximum Gasteiger partial charge on any atom is 0.142 e. The molecular formula is C15H19N3O. The molecule has 4 nitrogen and oxygen atoms in total. The largest absolute Gasteiger partial charge is 0.495 e. The van der Waals surface area contributed by atoms with Crippen LogP contribution in [0.2, 0.25) is 0 Å². The lowest BCUT2D eigenvalue weighted by molar-refractivity contribution is 0.415.